The Balaban J connectivity index is 2.04. The molecule has 1 aliphatic heterocycles. The van der Waals surface area contributed by atoms with Gasteiger partial charge in [-0.25, -0.2) is 4.99 Å². The molecule has 7 heteroatoms. The molecule has 0 bridgehead atoms. The Morgan fingerprint density at radius 1 is 1.15 bits per heavy atom. The highest BCUT2D eigenvalue weighted by Crippen LogP contribution is 2.32. The van der Waals surface area contributed by atoms with E-state index >= 15 is 0 Å². The van der Waals surface area contributed by atoms with Gasteiger partial charge in [0.15, 0.2) is 0 Å². The summed E-state index contributed by atoms with van der Waals surface area (Å²) >= 11 is 6.26. The molecular weight excluding hydrogens is 352 g/mol. The van der Waals surface area contributed by atoms with Crippen molar-refractivity contribution >= 4 is 23.3 Å². The topological polar surface area (TPSA) is 69.4 Å². The van der Waals surface area contributed by atoms with Crippen LogP contribution in [0.25, 0.3) is 5.69 Å². The first-order chi connectivity index (χ1) is 12.5. The summed E-state index contributed by atoms with van der Waals surface area (Å²) in [5, 5.41) is 8.92. The molecule has 2 aromatic carbocycles. The number of fused-ring (bicyclic) bond motifs is 3. The molecule has 0 amide bonds. The molecule has 0 N–H and O–H groups in total. The van der Waals surface area contributed by atoms with Crippen molar-refractivity contribution in [1.82, 2.24) is 14.8 Å². The minimum absolute atomic E-state index is 0.442. The van der Waals surface area contributed by atoms with E-state index in [0.29, 0.717) is 22.4 Å². The van der Waals surface area contributed by atoms with E-state index < -0.39 is 12.2 Å². The summed E-state index contributed by atoms with van der Waals surface area (Å²) in [5.41, 5.74) is 3.23. The third kappa shape index (κ3) is 2.78. The molecule has 3 aromatic rings. The van der Waals surface area contributed by atoms with Gasteiger partial charge in [-0.3, -0.25) is 9.36 Å². The molecule has 0 fully saturated rings. The van der Waals surface area contributed by atoms with E-state index in [9.17, 15) is 4.79 Å². The van der Waals surface area contributed by atoms with E-state index in [1.807, 2.05) is 54.0 Å². The van der Waals surface area contributed by atoms with Crippen LogP contribution in [0.1, 0.15) is 35.9 Å². The molecule has 26 heavy (non-hydrogen) atoms. The van der Waals surface area contributed by atoms with E-state index in [1.54, 1.807) is 6.07 Å². The fourth-order valence-corrected chi connectivity index (χ4v) is 3.21. The number of rotatable bonds is 2. The molecule has 0 spiro atoms. The lowest BCUT2D eigenvalue weighted by atomic mass is 10.0. The van der Waals surface area contributed by atoms with Gasteiger partial charge in [0.2, 0.25) is 5.82 Å². The molecule has 0 radical (unpaired) electrons. The van der Waals surface area contributed by atoms with Crippen molar-refractivity contribution in [2.75, 3.05) is 0 Å². The van der Waals surface area contributed by atoms with E-state index in [0.717, 1.165) is 16.8 Å². The summed E-state index contributed by atoms with van der Waals surface area (Å²) in [5.74, 6) is 0.680. The van der Waals surface area contributed by atoms with Crippen molar-refractivity contribution in [1.29, 1.82) is 0 Å². The SMILES string of the molecule is CC(=O)O[C@H]1N=C(c2ccccc2)c2cc(Cl)ccc2-n2c(C)nnc21. The highest BCUT2D eigenvalue weighted by atomic mass is 35.5. The molecule has 0 unspecified atom stereocenters. The largest absolute Gasteiger partial charge is 0.432 e. The molecular formula is C19H15ClN4O2. The summed E-state index contributed by atoms with van der Waals surface area (Å²) < 4.78 is 7.29. The highest BCUT2D eigenvalue weighted by Gasteiger charge is 2.29. The fraction of sp³-hybridized carbons (Fsp3) is 0.158. The number of benzene rings is 2. The van der Waals surface area contributed by atoms with Gasteiger partial charge in [-0.1, -0.05) is 41.9 Å². The number of aromatic nitrogens is 3. The number of ether oxygens (including phenoxy) is 1. The van der Waals surface area contributed by atoms with Crippen LogP contribution in [0.15, 0.2) is 53.5 Å². The maximum atomic E-state index is 11.6. The lowest BCUT2D eigenvalue weighted by Gasteiger charge is -2.12. The van der Waals surface area contributed by atoms with Gasteiger partial charge in [0, 0.05) is 23.1 Å². The van der Waals surface area contributed by atoms with Gasteiger partial charge in [-0.2, -0.15) is 0 Å². The standard InChI is InChI=1S/C19H15ClN4O2/c1-11-22-23-18-19(26-12(2)25)21-17(13-6-4-3-5-7-13)15-10-14(20)8-9-16(15)24(11)18/h3-10,19H,1-2H3/t19-/m1/s1. The number of hydrogen-bond acceptors (Lipinski definition) is 5. The van der Waals surface area contributed by atoms with Crippen molar-refractivity contribution in [2.45, 2.75) is 20.1 Å². The van der Waals surface area contributed by atoms with Crippen LogP contribution in [0.5, 0.6) is 0 Å². The minimum Gasteiger partial charge on any atom is -0.432 e. The summed E-state index contributed by atoms with van der Waals surface area (Å²) in [6.07, 6.45) is -0.893. The Bertz CT molecular complexity index is 1030. The van der Waals surface area contributed by atoms with Gasteiger partial charge in [-0.15, -0.1) is 10.2 Å². The zero-order valence-electron chi connectivity index (χ0n) is 14.2. The fourth-order valence-electron chi connectivity index (χ4n) is 3.04. The molecule has 6 nitrogen and oxygen atoms in total. The van der Waals surface area contributed by atoms with Crippen LogP contribution >= 0.6 is 11.6 Å². The molecule has 0 saturated heterocycles. The Morgan fingerprint density at radius 3 is 2.65 bits per heavy atom. The van der Waals surface area contributed by atoms with Crippen LogP contribution in [0.3, 0.4) is 0 Å². The lowest BCUT2D eigenvalue weighted by Crippen LogP contribution is -2.12. The van der Waals surface area contributed by atoms with Gasteiger partial charge >= 0.3 is 5.97 Å². The number of halogens is 1. The monoisotopic (exact) mass is 366 g/mol. The maximum absolute atomic E-state index is 11.6. The second-order valence-corrected chi connectivity index (χ2v) is 6.34. The van der Waals surface area contributed by atoms with Crippen LogP contribution in [0, 0.1) is 6.92 Å². The molecule has 0 aliphatic carbocycles. The Kier molecular flexibility index (Phi) is 4.05. The van der Waals surface area contributed by atoms with Crippen LogP contribution in [-0.4, -0.2) is 26.4 Å². The Labute approximate surface area is 155 Å². The molecule has 0 saturated carbocycles. The number of carbonyl (C=O) groups excluding carboxylic acids is 1. The zero-order valence-corrected chi connectivity index (χ0v) is 14.9. The third-order valence-electron chi connectivity index (χ3n) is 4.10. The molecule has 4 rings (SSSR count). The summed E-state index contributed by atoms with van der Waals surface area (Å²) in [7, 11) is 0. The summed E-state index contributed by atoms with van der Waals surface area (Å²) in [6.45, 7) is 3.19. The lowest BCUT2D eigenvalue weighted by molar-refractivity contribution is -0.146. The second kappa shape index (κ2) is 6.38. The van der Waals surface area contributed by atoms with Gasteiger partial charge in [-0.05, 0) is 25.1 Å². The minimum atomic E-state index is -0.893. The number of nitrogens with zero attached hydrogens (tertiary/aromatic N) is 4. The number of esters is 1. The molecule has 2 heterocycles. The van der Waals surface area contributed by atoms with Gasteiger partial charge in [0.05, 0.1) is 11.4 Å². The van der Waals surface area contributed by atoms with E-state index in [4.69, 9.17) is 21.3 Å². The Hall–Kier alpha value is -2.99. The first kappa shape index (κ1) is 16.5. The summed E-state index contributed by atoms with van der Waals surface area (Å²) in [6, 6.07) is 15.2. The first-order valence-electron chi connectivity index (χ1n) is 8.07. The van der Waals surface area contributed by atoms with Crippen LogP contribution in [0.2, 0.25) is 5.02 Å². The first-order valence-corrected chi connectivity index (χ1v) is 8.45. The van der Waals surface area contributed by atoms with Crippen molar-refractivity contribution in [3.8, 4) is 5.69 Å². The summed E-state index contributed by atoms with van der Waals surface area (Å²) in [4.78, 5) is 16.4. The van der Waals surface area contributed by atoms with Gasteiger partial charge in [0.25, 0.3) is 6.23 Å². The van der Waals surface area contributed by atoms with Crippen LogP contribution < -0.4 is 0 Å². The smallest absolute Gasteiger partial charge is 0.304 e. The van der Waals surface area contributed by atoms with Gasteiger partial charge < -0.3 is 4.74 Å². The third-order valence-corrected chi connectivity index (χ3v) is 4.33. The zero-order chi connectivity index (χ0) is 18.3. The van der Waals surface area contributed by atoms with E-state index in [2.05, 4.69) is 10.2 Å². The van der Waals surface area contributed by atoms with E-state index in [1.165, 1.54) is 6.92 Å². The maximum Gasteiger partial charge on any atom is 0.304 e. The molecule has 1 aliphatic rings. The molecule has 1 atom stereocenters. The normalized spacial score (nSPS) is 15.5. The average Bonchev–Trinajstić information content (AvgIpc) is 2.94. The second-order valence-electron chi connectivity index (χ2n) is 5.91. The van der Waals surface area contributed by atoms with Crippen LogP contribution in [-0.2, 0) is 9.53 Å². The number of hydrogen-bond donors (Lipinski definition) is 0. The number of aliphatic imine (C=N–C) groups is 1. The van der Waals surface area contributed by atoms with Crippen molar-refractivity contribution < 1.29 is 9.53 Å². The average molecular weight is 367 g/mol. The van der Waals surface area contributed by atoms with Crippen LogP contribution in [0.4, 0.5) is 0 Å². The Morgan fingerprint density at radius 2 is 1.92 bits per heavy atom. The number of carbonyl (C=O) groups is 1. The van der Waals surface area contributed by atoms with Gasteiger partial charge in [0.1, 0.15) is 5.82 Å². The van der Waals surface area contributed by atoms with E-state index in [-0.39, 0.29) is 0 Å². The predicted molar refractivity (Wildman–Crippen MR) is 97.7 cm³/mol. The van der Waals surface area contributed by atoms with Crippen molar-refractivity contribution in [3.05, 3.63) is 76.3 Å². The van der Waals surface area contributed by atoms with Crippen molar-refractivity contribution in [2.24, 2.45) is 4.99 Å². The molecule has 1 aromatic heterocycles. The highest BCUT2D eigenvalue weighted by molar-refractivity contribution is 6.31. The quantitative estimate of drug-likeness (QED) is 0.649. The predicted octanol–water partition coefficient (Wildman–Crippen LogP) is 3.64. The molecule has 130 valence electrons. The van der Waals surface area contributed by atoms with Crippen molar-refractivity contribution in [3.63, 3.8) is 0 Å². The number of aryl methyl sites for hydroxylation is 1.